The molecule has 0 radical (unpaired) electrons. The Kier molecular flexibility index (Phi) is 9.01. The van der Waals surface area contributed by atoms with Crippen molar-refractivity contribution in [2.45, 2.75) is 148 Å². The van der Waals surface area contributed by atoms with Crippen molar-refractivity contribution >= 4 is 16.0 Å². The van der Waals surface area contributed by atoms with E-state index >= 15 is 0 Å². The van der Waals surface area contributed by atoms with Crippen LogP contribution in [0.25, 0.3) is 0 Å². The number of esters is 1. The van der Waals surface area contributed by atoms with Crippen LogP contribution in [0.2, 0.25) is 0 Å². The van der Waals surface area contributed by atoms with Crippen molar-refractivity contribution < 1.29 is 22.7 Å². The number of carbonyl (C=O) groups is 1. The van der Waals surface area contributed by atoms with E-state index in [0.29, 0.717) is 6.42 Å². The molecule has 41 heavy (non-hydrogen) atoms. The SMILES string of the molecule is CC(C)O[C@@H](C(=O)O[C@@H]1C[C@@]2(C)CC[C@]1(CS(=O)(=O)N(C1CCCCC1)C1CCCCC1)C2(C)C)c1ccccc1. The number of ether oxygens (including phenoxy) is 2. The van der Waals surface area contributed by atoms with Gasteiger partial charge in [-0.05, 0) is 75.2 Å². The topological polar surface area (TPSA) is 72.9 Å². The van der Waals surface area contributed by atoms with Crippen LogP contribution in [-0.2, 0) is 24.3 Å². The van der Waals surface area contributed by atoms with E-state index in [4.69, 9.17) is 9.47 Å². The van der Waals surface area contributed by atoms with Crippen molar-refractivity contribution in [1.29, 1.82) is 0 Å². The summed E-state index contributed by atoms with van der Waals surface area (Å²) in [5, 5.41) is 0. The number of nitrogens with zero attached hydrogens (tertiary/aromatic N) is 1. The van der Waals surface area contributed by atoms with E-state index in [1.54, 1.807) is 0 Å². The molecule has 4 saturated carbocycles. The molecule has 4 aliphatic carbocycles. The summed E-state index contributed by atoms with van der Waals surface area (Å²) in [6.45, 7) is 10.6. The molecule has 1 aromatic carbocycles. The van der Waals surface area contributed by atoms with Gasteiger partial charge in [0.15, 0.2) is 6.10 Å². The minimum atomic E-state index is -3.60. The summed E-state index contributed by atoms with van der Waals surface area (Å²) in [7, 11) is -3.60. The summed E-state index contributed by atoms with van der Waals surface area (Å²) in [6, 6.07) is 9.73. The van der Waals surface area contributed by atoms with Crippen molar-refractivity contribution in [3.63, 3.8) is 0 Å². The molecule has 1 aromatic rings. The molecule has 7 heteroatoms. The molecule has 2 bridgehead atoms. The molecule has 4 fully saturated rings. The van der Waals surface area contributed by atoms with Crippen molar-refractivity contribution in [3.05, 3.63) is 35.9 Å². The van der Waals surface area contributed by atoms with E-state index in [-0.39, 0.29) is 34.8 Å². The van der Waals surface area contributed by atoms with Crippen molar-refractivity contribution in [2.24, 2.45) is 16.2 Å². The van der Waals surface area contributed by atoms with Crippen molar-refractivity contribution in [1.82, 2.24) is 4.31 Å². The van der Waals surface area contributed by atoms with Crippen LogP contribution in [0.3, 0.4) is 0 Å². The summed E-state index contributed by atoms with van der Waals surface area (Å²) < 4.78 is 44.0. The first-order valence-electron chi connectivity index (χ1n) is 16.3. The van der Waals surface area contributed by atoms with E-state index in [2.05, 4.69) is 20.8 Å². The molecule has 4 aliphatic rings. The van der Waals surface area contributed by atoms with Crippen LogP contribution >= 0.6 is 0 Å². The Labute approximate surface area is 249 Å². The Morgan fingerprint density at radius 3 is 1.98 bits per heavy atom. The third-order valence-electron chi connectivity index (χ3n) is 11.7. The quantitative estimate of drug-likeness (QED) is 0.264. The third kappa shape index (κ3) is 5.76. The van der Waals surface area contributed by atoms with Crippen molar-refractivity contribution in [3.8, 4) is 0 Å². The lowest BCUT2D eigenvalue weighted by Gasteiger charge is -2.46. The van der Waals surface area contributed by atoms with E-state index < -0.39 is 33.6 Å². The number of benzene rings is 1. The zero-order valence-electron chi connectivity index (χ0n) is 26.1. The zero-order chi connectivity index (χ0) is 29.5. The molecule has 0 unspecified atom stereocenters. The lowest BCUT2D eigenvalue weighted by Crippen LogP contribution is -2.55. The Balaban J connectivity index is 1.46. The highest BCUT2D eigenvalue weighted by atomic mass is 32.2. The minimum absolute atomic E-state index is 0.0641. The summed E-state index contributed by atoms with van der Waals surface area (Å²) >= 11 is 0. The molecule has 0 saturated heterocycles. The predicted molar refractivity (Wildman–Crippen MR) is 163 cm³/mol. The maximum absolute atomic E-state index is 14.8. The second kappa shape index (κ2) is 11.9. The lowest BCUT2D eigenvalue weighted by atomic mass is 9.65. The molecular formula is C34H53NO5S. The van der Waals surface area contributed by atoms with Gasteiger partial charge in [-0.3, -0.25) is 0 Å². The number of fused-ring (bicyclic) bond motifs is 2. The fraction of sp³-hybridized carbons (Fsp3) is 0.794. The zero-order valence-corrected chi connectivity index (χ0v) is 26.9. The fourth-order valence-corrected chi connectivity index (χ4v) is 11.8. The molecular weight excluding hydrogens is 534 g/mol. The first-order chi connectivity index (χ1) is 19.4. The van der Waals surface area contributed by atoms with E-state index in [0.717, 1.165) is 69.8 Å². The second-order valence-electron chi connectivity index (χ2n) is 14.6. The normalized spacial score (nSPS) is 31.5. The fourth-order valence-electron chi connectivity index (χ4n) is 8.95. The molecule has 0 aliphatic heterocycles. The van der Waals surface area contributed by atoms with Gasteiger partial charge in [0.1, 0.15) is 6.10 Å². The summed E-state index contributed by atoms with van der Waals surface area (Å²) in [6.07, 6.45) is 11.6. The van der Waals surface area contributed by atoms with Gasteiger partial charge in [0, 0.05) is 17.5 Å². The number of rotatable bonds is 10. The molecule has 4 atom stereocenters. The highest BCUT2D eigenvalue weighted by molar-refractivity contribution is 7.89. The molecule has 6 nitrogen and oxygen atoms in total. The standard InChI is InChI=1S/C34H53NO5S/c1-25(2)39-30(26-15-9-6-10-16-26)31(36)40-29-23-33(5)21-22-34(29,32(33,3)4)24-41(37,38)35(27-17-11-7-12-18-27)28-19-13-8-14-20-28/h6,9-10,15-16,25,27-30H,7-8,11-14,17-24H2,1-5H3/t29-,30-,33-,34-/m1/s1. The lowest BCUT2D eigenvalue weighted by molar-refractivity contribution is -0.173. The van der Waals surface area contributed by atoms with Gasteiger partial charge in [-0.15, -0.1) is 0 Å². The number of carbonyl (C=O) groups excluding carboxylic acids is 1. The average molecular weight is 588 g/mol. The van der Waals surface area contributed by atoms with Crippen LogP contribution in [0.4, 0.5) is 0 Å². The maximum atomic E-state index is 14.8. The number of sulfonamides is 1. The highest BCUT2D eigenvalue weighted by Gasteiger charge is 2.72. The van der Waals surface area contributed by atoms with Gasteiger partial charge in [-0.1, -0.05) is 89.6 Å². The maximum Gasteiger partial charge on any atom is 0.340 e. The van der Waals surface area contributed by atoms with Crippen LogP contribution in [0.1, 0.15) is 130 Å². The van der Waals surface area contributed by atoms with E-state index in [9.17, 15) is 13.2 Å². The third-order valence-corrected chi connectivity index (χ3v) is 13.9. The Hall–Kier alpha value is -1.44. The molecule has 0 heterocycles. The minimum Gasteiger partial charge on any atom is -0.460 e. The van der Waals surface area contributed by atoms with Crippen LogP contribution in [0, 0.1) is 16.2 Å². The summed E-state index contributed by atoms with van der Waals surface area (Å²) in [5.74, 6) is -0.343. The van der Waals surface area contributed by atoms with E-state index in [1.165, 1.54) is 12.8 Å². The van der Waals surface area contributed by atoms with Gasteiger partial charge in [0.05, 0.1) is 11.9 Å². The van der Waals surface area contributed by atoms with Gasteiger partial charge in [-0.2, -0.15) is 4.31 Å². The van der Waals surface area contributed by atoms with Gasteiger partial charge >= 0.3 is 5.97 Å². The van der Waals surface area contributed by atoms with Crippen LogP contribution in [0.5, 0.6) is 0 Å². The smallest absolute Gasteiger partial charge is 0.340 e. The van der Waals surface area contributed by atoms with Gasteiger partial charge in [0.25, 0.3) is 0 Å². The predicted octanol–water partition coefficient (Wildman–Crippen LogP) is 7.58. The first-order valence-corrected chi connectivity index (χ1v) is 17.9. The molecule has 0 aromatic heterocycles. The highest BCUT2D eigenvalue weighted by Crippen LogP contribution is 2.73. The second-order valence-corrected chi connectivity index (χ2v) is 16.5. The van der Waals surface area contributed by atoms with Gasteiger partial charge < -0.3 is 9.47 Å². The van der Waals surface area contributed by atoms with Crippen LogP contribution < -0.4 is 0 Å². The largest absolute Gasteiger partial charge is 0.460 e. The molecule has 0 N–H and O–H groups in total. The Morgan fingerprint density at radius 2 is 1.46 bits per heavy atom. The number of hydrogen-bond acceptors (Lipinski definition) is 5. The summed E-state index contributed by atoms with van der Waals surface area (Å²) in [5.41, 5.74) is -0.238. The molecule has 5 rings (SSSR count). The van der Waals surface area contributed by atoms with Gasteiger partial charge in [0.2, 0.25) is 10.0 Å². The Morgan fingerprint density at radius 1 is 0.902 bits per heavy atom. The summed E-state index contributed by atoms with van der Waals surface area (Å²) in [4.78, 5) is 13.9. The average Bonchev–Trinajstić information content (AvgIpc) is 3.22. The van der Waals surface area contributed by atoms with Crippen molar-refractivity contribution in [2.75, 3.05) is 5.75 Å². The number of hydrogen-bond donors (Lipinski definition) is 0. The monoisotopic (exact) mass is 587 g/mol. The van der Waals surface area contributed by atoms with Crippen LogP contribution in [-0.4, -0.2) is 48.7 Å². The molecule has 230 valence electrons. The Bertz CT molecular complexity index is 1140. The van der Waals surface area contributed by atoms with Crippen LogP contribution in [0.15, 0.2) is 30.3 Å². The molecule has 0 spiro atoms. The van der Waals surface area contributed by atoms with Gasteiger partial charge in [-0.25, -0.2) is 13.2 Å². The first kappa shape index (κ1) is 31.0. The van der Waals surface area contributed by atoms with E-state index in [1.807, 2.05) is 48.5 Å². The molecule has 0 amide bonds.